The molecule has 0 radical (unpaired) electrons. The van der Waals surface area contributed by atoms with E-state index in [0.29, 0.717) is 0 Å². The van der Waals surface area contributed by atoms with Crippen LogP contribution < -0.4 is 11.3 Å². The lowest BCUT2D eigenvalue weighted by molar-refractivity contribution is 0.458. The van der Waals surface area contributed by atoms with E-state index in [1.807, 2.05) is 12.1 Å². The minimum Gasteiger partial charge on any atom is -0.271 e. The van der Waals surface area contributed by atoms with Gasteiger partial charge in [-0.15, -0.1) is 0 Å². The first kappa shape index (κ1) is 18.1. The molecule has 1 unspecified atom stereocenters. The molecule has 3 N–H and O–H groups in total. The Bertz CT molecular complexity index is 351. The van der Waals surface area contributed by atoms with E-state index < -0.39 is 0 Å². The van der Waals surface area contributed by atoms with Crippen LogP contribution in [-0.2, 0) is 6.42 Å². The zero-order valence-corrected chi connectivity index (χ0v) is 13.4. The Morgan fingerprint density at radius 3 is 2.10 bits per heavy atom. The van der Waals surface area contributed by atoms with Gasteiger partial charge in [-0.25, -0.2) is 4.39 Å². The monoisotopic (exact) mass is 294 g/mol. The van der Waals surface area contributed by atoms with Crippen LogP contribution in [0.15, 0.2) is 24.3 Å². The first-order chi connectivity index (χ1) is 10.3. The zero-order valence-electron chi connectivity index (χ0n) is 13.4. The van der Waals surface area contributed by atoms with Gasteiger partial charge >= 0.3 is 0 Å². The lowest BCUT2D eigenvalue weighted by Gasteiger charge is -2.15. The highest BCUT2D eigenvalue weighted by molar-refractivity contribution is 5.17. The van der Waals surface area contributed by atoms with Gasteiger partial charge < -0.3 is 0 Å². The van der Waals surface area contributed by atoms with Gasteiger partial charge in [-0.3, -0.25) is 11.3 Å². The molecule has 0 amide bonds. The predicted molar refractivity (Wildman–Crippen MR) is 88.4 cm³/mol. The van der Waals surface area contributed by atoms with Gasteiger partial charge in [0.25, 0.3) is 0 Å². The molecule has 1 aromatic carbocycles. The summed E-state index contributed by atoms with van der Waals surface area (Å²) in [4.78, 5) is 0. The van der Waals surface area contributed by atoms with Crippen molar-refractivity contribution in [3.8, 4) is 0 Å². The molecule has 0 fully saturated rings. The molecule has 0 saturated carbocycles. The second-order valence-electron chi connectivity index (χ2n) is 5.96. The highest BCUT2D eigenvalue weighted by Gasteiger charge is 2.07. The molecule has 1 rings (SSSR count). The third-order valence-electron chi connectivity index (χ3n) is 4.04. The first-order valence-electron chi connectivity index (χ1n) is 8.46. The summed E-state index contributed by atoms with van der Waals surface area (Å²) in [5.74, 6) is 5.44. The number of rotatable bonds is 12. The van der Waals surface area contributed by atoms with Gasteiger partial charge in [-0.05, 0) is 30.5 Å². The van der Waals surface area contributed by atoms with Crippen molar-refractivity contribution in [2.45, 2.75) is 77.2 Å². The highest BCUT2D eigenvalue weighted by atomic mass is 19.1. The largest absolute Gasteiger partial charge is 0.271 e. The number of hydrogen-bond acceptors (Lipinski definition) is 2. The van der Waals surface area contributed by atoms with Crippen molar-refractivity contribution in [1.29, 1.82) is 0 Å². The van der Waals surface area contributed by atoms with Crippen molar-refractivity contribution in [3.63, 3.8) is 0 Å². The average Bonchev–Trinajstić information content (AvgIpc) is 2.50. The number of benzene rings is 1. The maximum absolute atomic E-state index is 12.9. The van der Waals surface area contributed by atoms with Gasteiger partial charge in [0, 0.05) is 6.04 Å². The topological polar surface area (TPSA) is 38.0 Å². The maximum atomic E-state index is 12.9. The third kappa shape index (κ3) is 8.84. The average molecular weight is 294 g/mol. The van der Waals surface area contributed by atoms with Crippen LogP contribution in [0.25, 0.3) is 0 Å². The predicted octanol–water partition coefficient (Wildman–Crippen LogP) is 4.73. The summed E-state index contributed by atoms with van der Waals surface area (Å²) < 4.78 is 12.9. The van der Waals surface area contributed by atoms with E-state index in [0.717, 1.165) is 18.4 Å². The van der Waals surface area contributed by atoms with Crippen LogP contribution in [0.4, 0.5) is 4.39 Å². The molecule has 0 spiro atoms. The van der Waals surface area contributed by atoms with Crippen LogP contribution in [0.2, 0.25) is 0 Å². The summed E-state index contributed by atoms with van der Waals surface area (Å²) in [5, 5.41) is 0. The van der Waals surface area contributed by atoms with Crippen molar-refractivity contribution < 1.29 is 4.39 Å². The maximum Gasteiger partial charge on any atom is 0.123 e. The van der Waals surface area contributed by atoms with Crippen LogP contribution in [0.1, 0.15) is 70.3 Å². The van der Waals surface area contributed by atoms with Crippen LogP contribution in [-0.4, -0.2) is 6.04 Å². The fourth-order valence-electron chi connectivity index (χ4n) is 2.67. The smallest absolute Gasteiger partial charge is 0.123 e. The molecule has 0 heterocycles. The van der Waals surface area contributed by atoms with Gasteiger partial charge in [0.1, 0.15) is 5.82 Å². The van der Waals surface area contributed by atoms with Gasteiger partial charge in [0.05, 0.1) is 0 Å². The Morgan fingerprint density at radius 2 is 1.52 bits per heavy atom. The highest BCUT2D eigenvalue weighted by Crippen LogP contribution is 2.13. The number of nitrogens with one attached hydrogen (secondary N) is 1. The van der Waals surface area contributed by atoms with E-state index in [4.69, 9.17) is 5.84 Å². The fraction of sp³-hybridized carbons (Fsp3) is 0.667. The van der Waals surface area contributed by atoms with Crippen molar-refractivity contribution in [1.82, 2.24) is 5.43 Å². The molecule has 21 heavy (non-hydrogen) atoms. The Morgan fingerprint density at radius 1 is 0.952 bits per heavy atom. The van der Waals surface area contributed by atoms with Gasteiger partial charge in [0.15, 0.2) is 0 Å². The summed E-state index contributed by atoms with van der Waals surface area (Å²) in [6.45, 7) is 2.25. The Kier molecular flexibility index (Phi) is 10.1. The molecule has 1 atom stereocenters. The second kappa shape index (κ2) is 11.7. The summed E-state index contributed by atoms with van der Waals surface area (Å²) in [5.41, 5.74) is 4.03. The third-order valence-corrected chi connectivity index (χ3v) is 4.04. The summed E-state index contributed by atoms with van der Waals surface area (Å²) >= 11 is 0. The van der Waals surface area contributed by atoms with E-state index in [1.54, 1.807) is 0 Å². The Labute approximate surface area is 129 Å². The van der Waals surface area contributed by atoms with Gasteiger partial charge in [-0.1, -0.05) is 70.4 Å². The minimum absolute atomic E-state index is 0.181. The van der Waals surface area contributed by atoms with E-state index in [-0.39, 0.29) is 11.9 Å². The quantitative estimate of drug-likeness (QED) is 0.332. The van der Waals surface area contributed by atoms with E-state index in [9.17, 15) is 4.39 Å². The van der Waals surface area contributed by atoms with Crippen LogP contribution in [0.5, 0.6) is 0 Å². The number of nitrogens with two attached hydrogens (primary N) is 1. The zero-order chi connectivity index (χ0) is 15.3. The summed E-state index contributed by atoms with van der Waals surface area (Å²) in [6.07, 6.45) is 12.6. The summed E-state index contributed by atoms with van der Waals surface area (Å²) in [7, 11) is 0. The van der Waals surface area contributed by atoms with Crippen molar-refractivity contribution >= 4 is 0 Å². The van der Waals surface area contributed by atoms with Crippen molar-refractivity contribution in [2.24, 2.45) is 5.84 Å². The molecule has 0 aliphatic rings. The van der Waals surface area contributed by atoms with Crippen LogP contribution in [0, 0.1) is 5.82 Å². The van der Waals surface area contributed by atoms with Crippen LogP contribution >= 0.6 is 0 Å². The Hall–Kier alpha value is -0.930. The first-order valence-corrected chi connectivity index (χ1v) is 8.46. The molecule has 0 bridgehead atoms. The lowest BCUT2D eigenvalue weighted by Crippen LogP contribution is -2.36. The van der Waals surface area contributed by atoms with Crippen molar-refractivity contribution in [2.75, 3.05) is 0 Å². The molecule has 0 saturated heterocycles. The normalized spacial score (nSPS) is 12.5. The van der Waals surface area contributed by atoms with Gasteiger partial charge in [-0.2, -0.15) is 0 Å². The molecular weight excluding hydrogens is 263 g/mol. The lowest BCUT2D eigenvalue weighted by atomic mass is 10.00. The molecule has 0 aliphatic carbocycles. The van der Waals surface area contributed by atoms with Gasteiger partial charge in [0.2, 0.25) is 0 Å². The second-order valence-corrected chi connectivity index (χ2v) is 5.96. The van der Waals surface area contributed by atoms with Crippen molar-refractivity contribution in [3.05, 3.63) is 35.6 Å². The molecule has 120 valence electrons. The molecule has 2 nitrogen and oxygen atoms in total. The Balaban J connectivity index is 2.09. The number of halogens is 1. The molecule has 0 aliphatic heterocycles. The molecule has 0 aromatic heterocycles. The number of hydrogen-bond donors (Lipinski definition) is 2. The minimum atomic E-state index is -0.181. The van der Waals surface area contributed by atoms with E-state index in [1.165, 1.54) is 63.5 Å². The molecule has 3 heteroatoms. The molecular formula is C18H31FN2. The van der Waals surface area contributed by atoms with E-state index >= 15 is 0 Å². The number of hydrazine groups is 1. The summed E-state index contributed by atoms with van der Waals surface area (Å²) in [6, 6.07) is 7.00. The molecule has 1 aromatic rings. The number of unbranched alkanes of at least 4 members (excludes halogenated alkanes) is 7. The van der Waals surface area contributed by atoms with Crippen LogP contribution in [0.3, 0.4) is 0 Å². The van der Waals surface area contributed by atoms with E-state index in [2.05, 4.69) is 12.3 Å². The standard InChI is InChI=1S/C18H31FN2/c1-2-3-4-5-6-7-8-9-10-18(21-20)15-16-11-13-17(19)14-12-16/h11-14,18,21H,2-10,15,20H2,1H3. The SMILES string of the molecule is CCCCCCCCCCC(Cc1ccc(F)cc1)NN. The fourth-order valence-corrected chi connectivity index (χ4v) is 2.67.